The molecule has 0 spiro atoms. The van der Waals surface area contributed by atoms with Crippen molar-refractivity contribution >= 4 is 11.8 Å². The van der Waals surface area contributed by atoms with Crippen molar-refractivity contribution in [3.05, 3.63) is 35.4 Å². The molecule has 0 unspecified atom stereocenters. The van der Waals surface area contributed by atoms with Crippen molar-refractivity contribution in [1.29, 1.82) is 5.26 Å². The second-order valence-corrected chi connectivity index (χ2v) is 4.71. The number of nitriles is 1. The third-order valence-corrected chi connectivity index (χ3v) is 2.84. The quantitative estimate of drug-likeness (QED) is 0.820. The average Bonchev–Trinajstić information content (AvgIpc) is 2.41. The molecule has 0 bridgehead atoms. The van der Waals surface area contributed by atoms with E-state index in [1.54, 1.807) is 6.92 Å². The van der Waals surface area contributed by atoms with Crippen LogP contribution >= 0.6 is 0 Å². The number of carbonyl (C=O) groups is 2. The van der Waals surface area contributed by atoms with E-state index in [4.69, 9.17) is 11.0 Å². The normalized spacial score (nSPS) is 13.0. The van der Waals surface area contributed by atoms with Crippen molar-refractivity contribution in [2.75, 3.05) is 0 Å². The first-order chi connectivity index (χ1) is 9.83. The van der Waals surface area contributed by atoms with Crippen LogP contribution in [0.3, 0.4) is 0 Å². The summed E-state index contributed by atoms with van der Waals surface area (Å²) in [6.07, 6.45) is -0.128. The Morgan fingerprint density at radius 1 is 1.38 bits per heavy atom. The molecule has 0 aliphatic rings. The molecule has 0 aromatic heterocycles. The molecule has 0 radical (unpaired) electrons. The van der Waals surface area contributed by atoms with Gasteiger partial charge in [0.05, 0.1) is 12.5 Å². The molecule has 1 rings (SSSR count). The molecule has 1 aromatic rings. The second-order valence-electron chi connectivity index (χ2n) is 4.71. The van der Waals surface area contributed by atoms with Gasteiger partial charge in [-0.05, 0) is 31.0 Å². The van der Waals surface area contributed by atoms with Crippen molar-refractivity contribution in [3.63, 3.8) is 0 Å². The Hall–Kier alpha value is -2.49. The Morgan fingerprint density at radius 3 is 2.57 bits per heavy atom. The Balaban J connectivity index is 2.67. The summed E-state index contributed by atoms with van der Waals surface area (Å²) in [6.45, 7) is 1.59. The number of carbonyl (C=O) groups excluding carboxylic acids is 2. The summed E-state index contributed by atoms with van der Waals surface area (Å²) >= 11 is 0. The van der Waals surface area contributed by atoms with E-state index in [1.165, 1.54) is 6.07 Å². The van der Waals surface area contributed by atoms with E-state index < -0.39 is 35.4 Å². The molecule has 0 aliphatic carbocycles. The number of benzene rings is 1. The van der Waals surface area contributed by atoms with E-state index in [0.717, 1.165) is 12.1 Å². The number of nitrogens with one attached hydrogen (secondary N) is 1. The van der Waals surface area contributed by atoms with Crippen LogP contribution in [-0.2, 0) is 16.0 Å². The zero-order valence-corrected chi connectivity index (χ0v) is 11.4. The van der Waals surface area contributed by atoms with E-state index in [2.05, 4.69) is 5.32 Å². The lowest BCUT2D eigenvalue weighted by Gasteiger charge is -2.16. The van der Waals surface area contributed by atoms with Crippen molar-refractivity contribution in [1.82, 2.24) is 5.32 Å². The molecule has 0 heterocycles. The molecule has 5 nitrogen and oxygen atoms in total. The first-order valence-electron chi connectivity index (χ1n) is 6.25. The summed E-state index contributed by atoms with van der Waals surface area (Å²) < 4.78 is 25.8. The highest BCUT2D eigenvalue weighted by molar-refractivity contribution is 5.87. The summed E-state index contributed by atoms with van der Waals surface area (Å²) in [4.78, 5) is 23.0. The molecule has 7 heteroatoms. The maximum atomic E-state index is 13.0. The lowest BCUT2D eigenvalue weighted by molar-refractivity contribution is -0.127. The van der Waals surface area contributed by atoms with Crippen LogP contribution < -0.4 is 11.1 Å². The average molecular weight is 295 g/mol. The minimum absolute atomic E-state index is 0.0926. The lowest BCUT2D eigenvalue weighted by Crippen LogP contribution is -2.45. The summed E-state index contributed by atoms with van der Waals surface area (Å²) in [5.74, 6) is -3.82. The van der Waals surface area contributed by atoms with Gasteiger partial charge in [-0.2, -0.15) is 5.26 Å². The van der Waals surface area contributed by atoms with Gasteiger partial charge in [-0.15, -0.1) is 0 Å². The molecule has 112 valence electrons. The predicted molar refractivity (Wildman–Crippen MR) is 70.6 cm³/mol. The third kappa shape index (κ3) is 5.18. The van der Waals surface area contributed by atoms with Gasteiger partial charge in [0, 0.05) is 5.92 Å². The van der Waals surface area contributed by atoms with Crippen LogP contribution in [-0.4, -0.2) is 17.9 Å². The molecule has 3 N–H and O–H groups in total. The fourth-order valence-electron chi connectivity index (χ4n) is 1.73. The fourth-order valence-corrected chi connectivity index (χ4v) is 1.73. The highest BCUT2D eigenvalue weighted by Gasteiger charge is 2.21. The van der Waals surface area contributed by atoms with Crippen molar-refractivity contribution in [2.45, 2.75) is 25.8 Å². The topological polar surface area (TPSA) is 96.0 Å². The van der Waals surface area contributed by atoms with Gasteiger partial charge in [0.2, 0.25) is 11.8 Å². The fraction of sp³-hybridized carbons (Fsp3) is 0.357. The van der Waals surface area contributed by atoms with E-state index in [1.807, 2.05) is 6.07 Å². The molecular weight excluding hydrogens is 280 g/mol. The molecule has 0 aliphatic heterocycles. The smallest absolute Gasteiger partial charge is 0.240 e. The maximum Gasteiger partial charge on any atom is 0.240 e. The molecule has 2 atom stereocenters. The van der Waals surface area contributed by atoms with Crippen molar-refractivity contribution < 1.29 is 18.4 Å². The van der Waals surface area contributed by atoms with Crippen molar-refractivity contribution in [3.8, 4) is 6.07 Å². The summed E-state index contributed by atoms with van der Waals surface area (Å²) in [6, 6.07) is 4.06. The van der Waals surface area contributed by atoms with Gasteiger partial charge in [-0.3, -0.25) is 9.59 Å². The van der Waals surface area contributed by atoms with Crippen LogP contribution in [0.1, 0.15) is 18.9 Å². The first kappa shape index (κ1) is 16.6. The summed E-state index contributed by atoms with van der Waals surface area (Å²) in [7, 11) is 0. The monoisotopic (exact) mass is 295 g/mol. The summed E-state index contributed by atoms with van der Waals surface area (Å²) in [5.41, 5.74) is 5.42. The molecular formula is C14H15F2N3O2. The van der Waals surface area contributed by atoms with Gasteiger partial charge in [0.1, 0.15) is 6.04 Å². The number of primary amides is 1. The Labute approximate surface area is 120 Å². The van der Waals surface area contributed by atoms with Crippen LogP contribution in [0.5, 0.6) is 0 Å². The SMILES string of the molecule is C[C@@H](C#N)C[C@H](NC(=O)Cc1ccc(F)c(F)c1)C(N)=O. The van der Waals surface area contributed by atoms with Gasteiger partial charge in [-0.25, -0.2) is 8.78 Å². The zero-order valence-electron chi connectivity index (χ0n) is 11.4. The van der Waals surface area contributed by atoms with Gasteiger partial charge in [-0.1, -0.05) is 6.07 Å². The molecule has 0 saturated heterocycles. The van der Waals surface area contributed by atoms with E-state index >= 15 is 0 Å². The van der Waals surface area contributed by atoms with Gasteiger partial charge < -0.3 is 11.1 Å². The number of hydrogen-bond acceptors (Lipinski definition) is 3. The van der Waals surface area contributed by atoms with Gasteiger partial charge in [0.15, 0.2) is 11.6 Å². The summed E-state index contributed by atoms with van der Waals surface area (Å²) in [5, 5.41) is 11.1. The van der Waals surface area contributed by atoms with E-state index in [-0.39, 0.29) is 18.4 Å². The van der Waals surface area contributed by atoms with Gasteiger partial charge in [0.25, 0.3) is 0 Å². The number of rotatable bonds is 6. The maximum absolute atomic E-state index is 13.0. The van der Waals surface area contributed by atoms with Crippen LogP contribution in [0, 0.1) is 28.9 Å². The number of nitrogens with zero attached hydrogens (tertiary/aromatic N) is 1. The minimum atomic E-state index is -1.05. The second kappa shape index (κ2) is 7.33. The minimum Gasteiger partial charge on any atom is -0.368 e. The third-order valence-electron chi connectivity index (χ3n) is 2.84. The number of amides is 2. The Kier molecular flexibility index (Phi) is 5.79. The van der Waals surface area contributed by atoms with Crippen LogP contribution in [0.25, 0.3) is 0 Å². The van der Waals surface area contributed by atoms with E-state index in [0.29, 0.717) is 0 Å². The molecule has 0 saturated carbocycles. The number of nitrogens with two attached hydrogens (primary N) is 1. The lowest BCUT2D eigenvalue weighted by atomic mass is 10.0. The Bertz CT molecular complexity index is 584. The van der Waals surface area contributed by atoms with Gasteiger partial charge >= 0.3 is 0 Å². The Morgan fingerprint density at radius 2 is 2.05 bits per heavy atom. The predicted octanol–water partition coefficient (Wildman–Crippen LogP) is 1.03. The number of halogens is 2. The van der Waals surface area contributed by atoms with Crippen LogP contribution in [0.4, 0.5) is 8.78 Å². The largest absolute Gasteiger partial charge is 0.368 e. The standard InChI is InChI=1S/C14H15F2N3O2/c1-8(7-17)4-12(14(18)21)19-13(20)6-9-2-3-10(15)11(16)5-9/h2-3,5,8,12H,4,6H2,1H3,(H2,18,21)(H,19,20)/t8-,12+/m1/s1. The molecule has 2 amide bonds. The van der Waals surface area contributed by atoms with Crippen LogP contribution in [0.15, 0.2) is 18.2 Å². The van der Waals surface area contributed by atoms with Crippen LogP contribution in [0.2, 0.25) is 0 Å². The molecule has 21 heavy (non-hydrogen) atoms. The molecule has 0 fully saturated rings. The van der Waals surface area contributed by atoms with Crippen molar-refractivity contribution in [2.24, 2.45) is 11.7 Å². The van der Waals surface area contributed by atoms with E-state index in [9.17, 15) is 18.4 Å². The highest BCUT2D eigenvalue weighted by Crippen LogP contribution is 2.10. The first-order valence-corrected chi connectivity index (χ1v) is 6.25. The molecule has 1 aromatic carbocycles. The zero-order chi connectivity index (χ0) is 16.0. The number of hydrogen-bond donors (Lipinski definition) is 2. The highest BCUT2D eigenvalue weighted by atomic mass is 19.2.